The number of halogens is 1. The quantitative estimate of drug-likeness (QED) is 0.585. The number of anilines is 1. The predicted molar refractivity (Wildman–Crippen MR) is 56.9 cm³/mol. The summed E-state index contributed by atoms with van der Waals surface area (Å²) in [5.41, 5.74) is 3.55. The lowest BCUT2D eigenvalue weighted by molar-refractivity contribution is 0.881. The van der Waals surface area contributed by atoms with Gasteiger partial charge in [-0.15, -0.1) is 17.5 Å². The second kappa shape index (κ2) is 5.66. The highest BCUT2D eigenvalue weighted by Gasteiger charge is 1.91. The number of hydrogen-bond donors (Lipinski definition) is 2. The summed E-state index contributed by atoms with van der Waals surface area (Å²) in [4.78, 5) is 3.88. The van der Waals surface area contributed by atoms with E-state index >= 15 is 0 Å². The van der Waals surface area contributed by atoms with E-state index in [1.54, 1.807) is 18.6 Å². The molecule has 0 aliphatic heterocycles. The van der Waals surface area contributed by atoms with E-state index in [1.807, 2.05) is 12.1 Å². The van der Waals surface area contributed by atoms with Crippen molar-refractivity contribution in [3.8, 4) is 0 Å². The van der Waals surface area contributed by atoms with Crippen LogP contribution < -0.4 is 5.43 Å². The third kappa shape index (κ3) is 3.31. The van der Waals surface area contributed by atoms with Gasteiger partial charge in [-0.25, -0.2) is 5.43 Å². The average Bonchev–Trinajstić information content (AvgIpc) is 2.72. The summed E-state index contributed by atoms with van der Waals surface area (Å²) >= 11 is 0. The molecule has 8 heteroatoms. The maximum absolute atomic E-state index is 3.90. The largest absolute Gasteiger partial charge is 0.283 e. The van der Waals surface area contributed by atoms with Crippen LogP contribution in [0.3, 0.4) is 0 Å². The number of rotatable bonds is 3. The van der Waals surface area contributed by atoms with Gasteiger partial charge in [-0.2, -0.15) is 10.3 Å². The van der Waals surface area contributed by atoms with Crippen molar-refractivity contribution in [3.63, 3.8) is 0 Å². The molecule has 15 heavy (non-hydrogen) atoms. The fraction of sp³-hybridized carbons (Fsp3) is 0. The van der Waals surface area contributed by atoms with Gasteiger partial charge in [0.25, 0.3) is 5.95 Å². The SMILES string of the molecule is C(=N\Nc1nn[nH]n1)/c1ccncc1.Cl. The number of pyridine rings is 1. The Morgan fingerprint density at radius 1 is 1.33 bits per heavy atom. The number of aromatic amines is 1. The number of H-pyrrole nitrogens is 1. The number of nitrogens with one attached hydrogen (secondary N) is 2. The molecule has 2 aromatic heterocycles. The number of aromatic nitrogens is 5. The lowest BCUT2D eigenvalue weighted by atomic mass is 10.3. The molecule has 0 saturated carbocycles. The summed E-state index contributed by atoms with van der Waals surface area (Å²) in [5.74, 6) is 0.329. The van der Waals surface area contributed by atoms with Gasteiger partial charge in [0, 0.05) is 12.4 Å². The summed E-state index contributed by atoms with van der Waals surface area (Å²) in [6.07, 6.45) is 5.02. The Balaban J connectivity index is 0.00000112. The van der Waals surface area contributed by atoms with Crippen molar-refractivity contribution in [3.05, 3.63) is 30.1 Å². The molecule has 0 aliphatic rings. The first-order valence-electron chi connectivity index (χ1n) is 3.88. The average molecular weight is 226 g/mol. The molecule has 0 spiro atoms. The molecule has 2 N–H and O–H groups in total. The van der Waals surface area contributed by atoms with Crippen LogP contribution in [-0.4, -0.2) is 31.8 Å². The molecule has 0 amide bonds. The van der Waals surface area contributed by atoms with Gasteiger partial charge in [-0.3, -0.25) is 4.98 Å². The number of tetrazole rings is 1. The minimum absolute atomic E-state index is 0. The van der Waals surface area contributed by atoms with E-state index in [-0.39, 0.29) is 12.4 Å². The fourth-order valence-electron chi connectivity index (χ4n) is 0.823. The van der Waals surface area contributed by atoms with Gasteiger partial charge in [-0.05, 0) is 22.9 Å². The van der Waals surface area contributed by atoms with E-state index in [9.17, 15) is 0 Å². The first-order valence-corrected chi connectivity index (χ1v) is 3.88. The Morgan fingerprint density at radius 2 is 2.13 bits per heavy atom. The zero-order chi connectivity index (χ0) is 9.64. The third-order valence-electron chi connectivity index (χ3n) is 1.43. The van der Waals surface area contributed by atoms with Gasteiger partial charge in [0.05, 0.1) is 6.21 Å². The van der Waals surface area contributed by atoms with Crippen molar-refractivity contribution in [1.29, 1.82) is 0 Å². The van der Waals surface area contributed by atoms with Crippen LogP contribution in [0.2, 0.25) is 0 Å². The standard InChI is InChI=1S/C7H7N7.ClH/c1-3-8-4-2-6(1)5-9-10-7-11-13-14-12-7;/h1-5H,(H2,10,11,12,13,14);1H/b9-5+;. The highest BCUT2D eigenvalue weighted by atomic mass is 35.5. The van der Waals surface area contributed by atoms with Gasteiger partial charge in [-0.1, -0.05) is 5.10 Å². The molecule has 0 fully saturated rings. The zero-order valence-corrected chi connectivity index (χ0v) is 8.35. The minimum atomic E-state index is 0. The molecule has 0 unspecified atom stereocenters. The third-order valence-corrected chi connectivity index (χ3v) is 1.43. The highest BCUT2D eigenvalue weighted by molar-refractivity contribution is 5.85. The Labute approximate surface area is 91.4 Å². The molecule has 0 atom stereocenters. The summed E-state index contributed by atoms with van der Waals surface area (Å²) in [7, 11) is 0. The van der Waals surface area contributed by atoms with Crippen LogP contribution in [0.15, 0.2) is 29.6 Å². The van der Waals surface area contributed by atoms with Crippen molar-refractivity contribution in [2.75, 3.05) is 5.43 Å². The molecule has 0 aliphatic carbocycles. The molecule has 78 valence electrons. The molecule has 0 bridgehead atoms. The summed E-state index contributed by atoms with van der Waals surface area (Å²) < 4.78 is 0. The van der Waals surface area contributed by atoms with Crippen LogP contribution in [0.1, 0.15) is 5.56 Å². The predicted octanol–water partition coefficient (Wildman–Crippen LogP) is 0.462. The second-order valence-corrected chi connectivity index (χ2v) is 2.39. The fourth-order valence-corrected chi connectivity index (χ4v) is 0.823. The summed E-state index contributed by atoms with van der Waals surface area (Å²) in [6.45, 7) is 0. The van der Waals surface area contributed by atoms with Crippen LogP contribution in [0.4, 0.5) is 5.95 Å². The topological polar surface area (TPSA) is 91.7 Å². The first-order chi connectivity index (χ1) is 6.95. The molecular formula is C7H8ClN7. The van der Waals surface area contributed by atoms with Crippen molar-refractivity contribution in [1.82, 2.24) is 25.6 Å². The summed E-state index contributed by atoms with van der Waals surface area (Å²) in [6, 6.07) is 3.67. The molecule has 2 aromatic rings. The molecule has 2 rings (SSSR count). The molecule has 7 nitrogen and oxygen atoms in total. The van der Waals surface area contributed by atoms with E-state index in [0.29, 0.717) is 5.95 Å². The van der Waals surface area contributed by atoms with Crippen molar-refractivity contribution < 1.29 is 0 Å². The summed E-state index contributed by atoms with van der Waals surface area (Å²) in [5, 5.41) is 16.9. The minimum Gasteiger partial charge on any atom is -0.265 e. The number of nitrogens with zero attached hydrogens (tertiary/aromatic N) is 5. The monoisotopic (exact) mass is 225 g/mol. The van der Waals surface area contributed by atoms with E-state index in [0.717, 1.165) is 5.56 Å². The van der Waals surface area contributed by atoms with Gasteiger partial charge in [0.1, 0.15) is 0 Å². The Bertz CT molecular complexity index is 399. The van der Waals surface area contributed by atoms with Gasteiger partial charge in [0.15, 0.2) is 0 Å². The maximum atomic E-state index is 3.90. The lowest BCUT2D eigenvalue weighted by Gasteiger charge is -1.90. The Kier molecular flexibility index (Phi) is 4.17. The zero-order valence-electron chi connectivity index (χ0n) is 7.53. The van der Waals surface area contributed by atoms with Crippen molar-refractivity contribution in [2.24, 2.45) is 5.10 Å². The molecule has 2 heterocycles. The van der Waals surface area contributed by atoms with Gasteiger partial charge < -0.3 is 0 Å². The van der Waals surface area contributed by atoms with E-state index in [4.69, 9.17) is 0 Å². The Morgan fingerprint density at radius 3 is 2.80 bits per heavy atom. The van der Waals surface area contributed by atoms with Crippen molar-refractivity contribution in [2.45, 2.75) is 0 Å². The van der Waals surface area contributed by atoms with Crippen LogP contribution in [0.25, 0.3) is 0 Å². The second-order valence-electron chi connectivity index (χ2n) is 2.39. The molecule has 0 saturated heterocycles. The van der Waals surface area contributed by atoms with E-state index < -0.39 is 0 Å². The number of hydrazone groups is 1. The van der Waals surface area contributed by atoms with Crippen LogP contribution in [-0.2, 0) is 0 Å². The molecule has 0 aromatic carbocycles. The molecule has 0 radical (unpaired) electrons. The number of hydrogen-bond acceptors (Lipinski definition) is 6. The van der Waals surface area contributed by atoms with Crippen molar-refractivity contribution >= 4 is 24.6 Å². The maximum Gasteiger partial charge on any atom is 0.283 e. The van der Waals surface area contributed by atoms with Gasteiger partial charge in [0.2, 0.25) is 0 Å². The van der Waals surface area contributed by atoms with Gasteiger partial charge >= 0.3 is 0 Å². The highest BCUT2D eigenvalue weighted by Crippen LogP contribution is 1.93. The van der Waals surface area contributed by atoms with E-state index in [2.05, 4.69) is 36.1 Å². The van der Waals surface area contributed by atoms with Crippen LogP contribution in [0.5, 0.6) is 0 Å². The lowest BCUT2D eigenvalue weighted by Crippen LogP contribution is -1.92. The Hall–Kier alpha value is -2.02. The van der Waals surface area contributed by atoms with Crippen LogP contribution in [0, 0.1) is 0 Å². The first kappa shape index (κ1) is 11.1. The van der Waals surface area contributed by atoms with Crippen LogP contribution >= 0.6 is 12.4 Å². The van der Waals surface area contributed by atoms with E-state index in [1.165, 1.54) is 0 Å². The normalized spacial score (nSPS) is 9.87. The molecular weight excluding hydrogens is 218 g/mol. The smallest absolute Gasteiger partial charge is 0.265 e.